The molecule has 1 aliphatic heterocycles. The maximum atomic E-state index is 11.9. The minimum absolute atomic E-state index is 0.0738. The van der Waals surface area contributed by atoms with Gasteiger partial charge in [-0.1, -0.05) is 6.42 Å². The van der Waals surface area contributed by atoms with Crippen LogP contribution in [0.1, 0.15) is 38.5 Å². The maximum absolute atomic E-state index is 11.9. The van der Waals surface area contributed by atoms with Crippen molar-refractivity contribution in [2.75, 3.05) is 13.2 Å². The van der Waals surface area contributed by atoms with Crippen molar-refractivity contribution in [3.05, 3.63) is 0 Å². The fourth-order valence-electron chi connectivity index (χ4n) is 3.19. The molecule has 2 unspecified atom stereocenters. The van der Waals surface area contributed by atoms with Crippen molar-refractivity contribution in [1.82, 2.24) is 10.6 Å². The predicted molar refractivity (Wildman–Crippen MR) is 71.3 cm³/mol. The number of nitrogens with one attached hydrogen (secondary N) is 2. The predicted octanol–water partition coefficient (Wildman–Crippen LogP) is 1.11. The molecular formula is C14H22N2O4. The molecule has 0 aromatic rings. The molecule has 3 aliphatic rings. The smallest absolute Gasteiger partial charge is 0.315 e. The number of carboxylic acids is 1. The fraction of sp³-hybridized carbons (Fsp3) is 0.857. The first-order valence-corrected chi connectivity index (χ1v) is 7.50. The van der Waals surface area contributed by atoms with Crippen LogP contribution < -0.4 is 10.6 Å². The lowest BCUT2D eigenvalue weighted by Gasteiger charge is -2.37. The zero-order valence-corrected chi connectivity index (χ0v) is 11.6. The van der Waals surface area contributed by atoms with E-state index in [1.807, 2.05) is 0 Å². The molecule has 2 atom stereocenters. The SMILES string of the molecule is O=C(NCC1(C(=O)O)CCC1)NC1CCOC1C1CC1. The van der Waals surface area contributed by atoms with Gasteiger partial charge < -0.3 is 20.5 Å². The van der Waals surface area contributed by atoms with E-state index in [1.54, 1.807) is 0 Å². The second-order valence-corrected chi connectivity index (χ2v) is 6.33. The van der Waals surface area contributed by atoms with Crippen LogP contribution in [-0.4, -0.2) is 42.4 Å². The third-order valence-corrected chi connectivity index (χ3v) is 4.89. The summed E-state index contributed by atoms with van der Waals surface area (Å²) in [5.74, 6) is -0.205. The first-order valence-electron chi connectivity index (χ1n) is 7.50. The number of hydrogen-bond donors (Lipinski definition) is 3. The number of hydrogen-bond acceptors (Lipinski definition) is 3. The van der Waals surface area contributed by atoms with Gasteiger partial charge in [-0.2, -0.15) is 0 Å². The number of rotatable bonds is 5. The summed E-state index contributed by atoms with van der Waals surface area (Å²) in [4.78, 5) is 23.1. The largest absolute Gasteiger partial charge is 0.481 e. The summed E-state index contributed by atoms with van der Waals surface area (Å²) in [7, 11) is 0. The number of ether oxygens (including phenoxy) is 1. The molecule has 0 radical (unpaired) electrons. The molecule has 0 aromatic carbocycles. The zero-order valence-electron chi connectivity index (χ0n) is 11.6. The van der Waals surface area contributed by atoms with Crippen LogP contribution in [0.25, 0.3) is 0 Å². The summed E-state index contributed by atoms with van der Waals surface area (Å²) < 4.78 is 5.67. The Morgan fingerprint density at radius 1 is 1.25 bits per heavy atom. The number of carboxylic acid groups (broad SMARTS) is 1. The maximum Gasteiger partial charge on any atom is 0.315 e. The van der Waals surface area contributed by atoms with Gasteiger partial charge in [-0.25, -0.2) is 4.79 Å². The third kappa shape index (κ3) is 2.61. The van der Waals surface area contributed by atoms with Crippen molar-refractivity contribution in [1.29, 1.82) is 0 Å². The van der Waals surface area contributed by atoms with E-state index in [-0.39, 0.29) is 24.7 Å². The number of carbonyl (C=O) groups excluding carboxylic acids is 1. The molecule has 0 bridgehead atoms. The van der Waals surface area contributed by atoms with Crippen LogP contribution in [0.4, 0.5) is 4.79 Å². The molecule has 6 nitrogen and oxygen atoms in total. The molecular weight excluding hydrogens is 260 g/mol. The number of amides is 2. The molecule has 3 rings (SSSR count). The highest BCUT2D eigenvalue weighted by molar-refractivity contribution is 5.79. The number of aliphatic carboxylic acids is 1. The molecule has 2 amide bonds. The second-order valence-electron chi connectivity index (χ2n) is 6.33. The van der Waals surface area contributed by atoms with Gasteiger partial charge in [0.25, 0.3) is 0 Å². The van der Waals surface area contributed by atoms with Gasteiger partial charge in [0.15, 0.2) is 0 Å². The second kappa shape index (κ2) is 5.24. The molecule has 6 heteroatoms. The average Bonchev–Trinajstić information content (AvgIpc) is 3.09. The lowest BCUT2D eigenvalue weighted by molar-refractivity contribution is -0.153. The van der Waals surface area contributed by atoms with Gasteiger partial charge >= 0.3 is 12.0 Å². The van der Waals surface area contributed by atoms with Gasteiger partial charge in [0.2, 0.25) is 0 Å². The van der Waals surface area contributed by atoms with E-state index >= 15 is 0 Å². The molecule has 1 saturated heterocycles. The Morgan fingerprint density at radius 3 is 2.55 bits per heavy atom. The fourth-order valence-corrected chi connectivity index (χ4v) is 3.19. The number of carbonyl (C=O) groups is 2. The Balaban J connectivity index is 1.46. The molecule has 3 N–H and O–H groups in total. The summed E-state index contributed by atoms with van der Waals surface area (Å²) in [6.07, 6.45) is 5.60. The van der Waals surface area contributed by atoms with E-state index < -0.39 is 11.4 Å². The Hall–Kier alpha value is -1.30. The topological polar surface area (TPSA) is 87.7 Å². The van der Waals surface area contributed by atoms with Crippen molar-refractivity contribution >= 4 is 12.0 Å². The van der Waals surface area contributed by atoms with Crippen molar-refractivity contribution in [2.45, 2.75) is 50.7 Å². The van der Waals surface area contributed by atoms with Crippen LogP contribution in [0.5, 0.6) is 0 Å². The Bertz CT molecular complexity index is 404. The van der Waals surface area contributed by atoms with Gasteiger partial charge in [-0.3, -0.25) is 4.79 Å². The van der Waals surface area contributed by atoms with Gasteiger partial charge in [-0.15, -0.1) is 0 Å². The van der Waals surface area contributed by atoms with Crippen molar-refractivity contribution in [3.8, 4) is 0 Å². The monoisotopic (exact) mass is 282 g/mol. The summed E-state index contributed by atoms with van der Waals surface area (Å²) >= 11 is 0. The van der Waals surface area contributed by atoms with Crippen LogP contribution >= 0.6 is 0 Å². The van der Waals surface area contributed by atoms with Crippen LogP contribution in [0.3, 0.4) is 0 Å². The molecule has 0 aromatic heterocycles. The van der Waals surface area contributed by atoms with E-state index in [9.17, 15) is 14.7 Å². The molecule has 112 valence electrons. The first kappa shape index (κ1) is 13.7. The lowest BCUT2D eigenvalue weighted by atomic mass is 9.69. The van der Waals surface area contributed by atoms with E-state index in [0.29, 0.717) is 25.4 Å². The third-order valence-electron chi connectivity index (χ3n) is 4.89. The summed E-state index contributed by atoms with van der Waals surface area (Å²) in [6.45, 7) is 0.918. The Morgan fingerprint density at radius 2 is 2.00 bits per heavy atom. The van der Waals surface area contributed by atoms with Gasteiger partial charge in [0.05, 0.1) is 17.6 Å². The Labute approximate surface area is 118 Å². The first-order chi connectivity index (χ1) is 9.61. The Kier molecular flexibility index (Phi) is 3.58. The lowest BCUT2D eigenvalue weighted by Crippen LogP contribution is -2.52. The highest BCUT2D eigenvalue weighted by Crippen LogP contribution is 2.40. The van der Waals surface area contributed by atoms with Crippen molar-refractivity contribution in [3.63, 3.8) is 0 Å². The quantitative estimate of drug-likeness (QED) is 0.705. The van der Waals surface area contributed by atoms with Crippen LogP contribution in [0.15, 0.2) is 0 Å². The van der Waals surface area contributed by atoms with Crippen molar-refractivity contribution < 1.29 is 19.4 Å². The van der Waals surface area contributed by atoms with Crippen LogP contribution in [-0.2, 0) is 9.53 Å². The van der Waals surface area contributed by atoms with Gasteiger partial charge in [0, 0.05) is 13.2 Å². The van der Waals surface area contributed by atoms with E-state index in [0.717, 1.165) is 12.8 Å². The molecule has 0 spiro atoms. The highest BCUT2D eigenvalue weighted by atomic mass is 16.5. The summed E-state index contributed by atoms with van der Waals surface area (Å²) in [5.41, 5.74) is -0.737. The van der Waals surface area contributed by atoms with E-state index in [1.165, 1.54) is 12.8 Å². The normalized spacial score (nSPS) is 31.4. The standard InChI is InChI=1S/C14H22N2O4/c17-12(18)14(5-1-6-14)8-15-13(19)16-10-4-7-20-11(10)9-2-3-9/h9-11H,1-8H2,(H,17,18)(H2,15,16,19). The summed E-state index contributed by atoms with van der Waals surface area (Å²) in [6, 6.07) is -0.191. The molecule has 1 heterocycles. The average molecular weight is 282 g/mol. The van der Waals surface area contributed by atoms with Crippen LogP contribution in [0, 0.1) is 11.3 Å². The zero-order chi connectivity index (χ0) is 14.2. The van der Waals surface area contributed by atoms with E-state index in [2.05, 4.69) is 10.6 Å². The molecule has 20 heavy (non-hydrogen) atoms. The van der Waals surface area contributed by atoms with Crippen LogP contribution in [0.2, 0.25) is 0 Å². The van der Waals surface area contributed by atoms with E-state index in [4.69, 9.17) is 4.74 Å². The molecule has 2 aliphatic carbocycles. The van der Waals surface area contributed by atoms with Gasteiger partial charge in [-0.05, 0) is 38.0 Å². The van der Waals surface area contributed by atoms with Crippen molar-refractivity contribution in [2.24, 2.45) is 11.3 Å². The highest BCUT2D eigenvalue weighted by Gasteiger charge is 2.45. The molecule has 3 fully saturated rings. The minimum Gasteiger partial charge on any atom is -0.481 e. The van der Waals surface area contributed by atoms with Gasteiger partial charge in [0.1, 0.15) is 0 Å². The number of urea groups is 1. The minimum atomic E-state index is -0.802. The molecule has 2 saturated carbocycles. The summed E-state index contributed by atoms with van der Waals surface area (Å²) in [5, 5.41) is 14.9.